The average molecular weight is 138 g/mol. The molecule has 10 heavy (non-hydrogen) atoms. The summed E-state index contributed by atoms with van der Waals surface area (Å²) in [5, 5.41) is 0. The average Bonchev–Trinajstić information content (AvgIpc) is 2.48. The van der Waals surface area contributed by atoms with Crippen LogP contribution in [0.5, 0.6) is 0 Å². The van der Waals surface area contributed by atoms with Crippen LogP contribution in [-0.4, -0.2) is 0 Å². The van der Waals surface area contributed by atoms with Gasteiger partial charge in [-0.3, -0.25) is 0 Å². The van der Waals surface area contributed by atoms with Crippen molar-refractivity contribution in [2.24, 2.45) is 0 Å². The Morgan fingerprint density at radius 1 is 1.30 bits per heavy atom. The van der Waals surface area contributed by atoms with E-state index in [2.05, 4.69) is 38.3 Å². The van der Waals surface area contributed by atoms with Crippen LogP contribution in [0.4, 0.5) is 0 Å². The Morgan fingerprint density at radius 2 is 1.80 bits per heavy atom. The molecule has 0 unspecified atom stereocenters. The molecule has 0 bridgehead atoms. The molecule has 0 amide bonds. The molecule has 0 atom stereocenters. The Bertz CT molecular complexity index is 104. The summed E-state index contributed by atoms with van der Waals surface area (Å²) in [7, 11) is 0. The van der Waals surface area contributed by atoms with Crippen molar-refractivity contribution in [1.82, 2.24) is 0 Å². The van der Waals surface area contributed by atoms with Crippen molar-refractivity contribution in [3.05, 3.63) is 37.0 Å². The Morgan fingerprint density at radius 3 is 1.90 bits per heavy atom. The Labute approximate surface area is 65.0 Å². The lowest BCUT2D eigenvalue weighted by atomic mass is 10.3. The van der Waals surface area contributed by atoms with Crippen LogP contribution in [0, 0.1) is 0 Å². The quantitative estimate of drug-likeness (QED) is 0.447. The number of hydrogen-bond donors (Lipinski definition) is 0. The second-order valence-corrected chi connectivity index (χ2v) is 1.59. The van der Waals surface area contributed by atoms with Crippen molar-refractivity contribution in [2.75, 3.05) is 0 Å². The van der Waals surface area contributed by atoms with E-state index in [0.29, 0.717) is 0 Å². The van der Waals surface area contributed by atoms with Gasteiger partial charge in [0.15, 0.2) is 0 Å². The van der Waals surface area contributed by atoms with Gasteiger partial charge in [-0.15, -0.1) is 13.2 Å². The van der Waals surface area contributed by atoms with E-state index in [4.69, 9.17) is 0 Å². The Balaban J connectivity index is 0. The van der Waals surface area contributed by atoms with Crippen molar-refractivity contribution in [1.29, 1.82) is 0 Å². The maximum absolute atomic E-state index is 3.00. The highest BCUT2D eigenvalue weighted by Gasteiger charge is 1.84. The third kappa shape index (κ3) is 7.22. The highest BCUT2D eigenvalue weighted by atomic mass is 13.9. The zero-order chi connectivity index (χ0) is 8.41. The lowest BCUT2D eigenvalue weighted by Gasteiger charge is -1.72. The first-order valence-corrected chi connectivity index (χ1v) is 3.73. The van der Waals surface area contributed by atoms with Crippen molar-refractivity contribution >= 4 is 0 Å². The van der Waals surface area contributed by atoms with Crippen LogP contribution >= 0.6 is 0 Å². The molecule has 58 valence electrons. The molecule has 0 aliphatic heterocycles. The molecule has 1 aliphatic carbocycles. The number of allylic oxidation sites excluding steroid dienone is 4. The minimum absolute atomic E-state index is 1.14. The minimum Gasteiger partial charge on any atom is -0.106 e. The second-order valence-electron chi connectivity index (χ2n) is 1.59. The fraction of sp³-hybridized carbons (Fsp3) is 0.400. The fourth-order valence-corrected chi connectivity index (χ4v) is 0.576. The molecule has 0 aromatic carbocycles. The second kappa shape index (κ2) is 11.1. The van der Waals surface area contributed by atoms with E-state index in [-0.39, 0.29) is 0 Å². The molecule has 0 heteroatoms. The van der Waals surface area contributed by atoms with E-state index in [1.807, 2.05) is 13.8 Å². The monoisotopic (exact) mass is 138 g/mol. The molecule has 0 saturated heterocycles. The summed E-state index contributed by atoms with van der Waals surface area (Å²) in [5.74, 6) is 0. The first-order valence-electron chi connectivity index (χ1n) is 3.73. The van der Waals surface area contributed by atoms with Gasteiger partial charge in [-0.2, -0.15) is 0 Å². The summed E-state index contributed by atoms with van der Waals surface area (Å²) in [6, 6.07) is 0. The van der Waals surface area contributed by atoms with Gasteiger partial charge in [0, 0.05) is 0 Å². The first-order chi connectivity index (χ1) is 4.89. The van der Waals surface area contributed by atoms with Crippen molar-refractivity contribution in [3.8, 4) is 0 Å². The summed E-state index contributed by atoms with van der Waals surface area (Å²) >= 11 is 0. The summed E-state index contributed by atoms with van der Waals surface area (Å²) in [6.45, 7) is 12.1. The number of hydrogen-bond acceptors (Lipinski definition) is 0. The molecule has 1 aliphatic rings. The van der Waals surface area contributed by atoms with Crippen LogP contribution in [0.3, 0.4) is 0 Å². The molecular formula is C10H18. The minimum atomic E-state index is 1.14. The summed E-state index contributed by atoms with van der Waals surface area (Å²) in [4.78, 5) is 0. The summed E-state index contributed by atoms with van der Waals surface area (Å²) in [6.07, 6.45) is 7.65. The smallest absolute Gasteiger partial charge is 0.0160 e. The van der Waals surface area contributed by atoms with Gasteiger partial charge in [-0.05, 0) is 13.3 Å². The standard InChI is InChI=1S/C6H8.C2H6.C2H4/c1-6-4-2-3-5-6;2*1-2/h2,4-5H,3H2,1H3;1-2H3;1-2H2. The van der Waals surface area contributed by atoms with Gasteiger partial charge >= 0.3 is 0 Å². The normalized spacial score (nSPS) is 12.1. The predicted molar refractivity (Wildman–Crippen MR) is 50.1 cm³/mol. The van der Waals surface area contributed by atoms with Crippen LogP contribution in [0.1, 0.15) is 27.2 Å². The topological polar surface area (TPSA) is 0 Å². The van der Waals surface area contributed by atoms with E-state index in [9.17, 15) is 0 Å². The number of rotatable bonds is 0. The van der Waals surface area contributed by atoms with Gasteiger partial charge in [0.2, 0.25) is 0 Å². The van der Waals surface area contributed by atoms with Gasteiger partial charge in [0.25, 0.3) is 0 Å². The Hall–Kier alpha value is -0.780. The molecule has 0 nitrogen and oxygen atoms in total. The maximum atomic E-state index is 3.00. The third-order valence-corrected chi connectivity index (χ3v) is 0.957. The molecule has 0 aromatic heterocycles. The van der Waals surface area contributed by atoms with Crippen molar-refractivity contribution in [3.63, 3.8) is 0 Å². The largest absolute Gasteiger partial charge is 0.106 e. The molecule has 0 aromatic rings. The molecule has 0 saturated carbocycles. The van der Waals surface area contributed by atoms with Crippen LogP contribution in [0.2, 0.25) is 0 Å². The van der Waals surface area contributed by atoms with Crippen LogP contribution in [0.25, 0.3) is 0 Å². The van der Waals surface area contributed by atoms with Crippen molar-refractivity contribution in [2.45, 2.75) is 27.2 Å². The third-order valence-electron chi connectivity index (χ3n) is 0.957. The highest BCUT2D eigenvalue weighted by molar-refractivity contribution is 5.23. The highest BCUT2D eigenvalue weighted by Crippen LogP contribution is 2.05. The molecule has 1 rings (SSSR count). The fourth-order valence-electron chi connectivity index (χ4n) is 0.576. The van der Waals surface area contributed by atoms with E-state index in [0.717, 1.165) is 6.42 Å². The van der Waals surface area contributed by atoms with Gasteiger partial charge in [0.05, 0.1) is 0 Å². The van der Waals surface area contributed by atoms with E-state index >= 15 is 0 Å². The van der Waals surface area contributed by atoms with E-state index in [1.165, 1.54) is 5.57 Å². The van der Waals surface area contributed by atoms with Crippen molar-refractivity contribution < 1.29 is 0 Å². The molecule has 0 spiro atoms. The predicted octanol–water partition coefficient (Wildman–Crippen LogP) is 3.72. The lowest BCUT2D eigenvalue weighted by Crippen LogP contribution is -1.51. The molecule has 0 fully saturated rings. The molecule has 0 heterocycles. The van der Waals surface area contributed by atoms with Gasteiger partial charge in [-0.1, -0.05) is 37.6 Å². The Kier molecular flexibility index (Phi) is 13.2. The molecule has 0 radical (unpaired) electrons. The van der Waals surface area contributed by atoms with Crippen LogP contribution in [-0.2, 0) is 0 Å². The summed E-state index contributed by atoms with van der Waals surface area (Å²) < 4.78 is 0. The lowest BCUT2D eigenvalue weighted by molar-refractivity contribution is 1.42. The summed E-state index contributed by atoms with van der Waals surface area (Å²) in [5.41, 5.74) is 1.40. The van der Waals surface area contributed by atoms with Crippen LogP contribution < -0.4 is 0 Å². The van der Waals surface area contributed by atoms with E-state index in [1.54, 1.807) is 0 Å². The SMILES string of the molecule is C=C.CC.CC1=CCC=C1. The first kappa shape index (κ1) is 12.0. The van der Waals surface area contributed by atoms with Crippen LogP contribution in [0.15, 0.2) is 37.0 Å². The molecular weight excluding hydrogens is 120 g/mol. The molecule has 0 N–H and O–H groups in total. The van der Waals surface area contributed by atoms with Gasteiger partial charge in [-0.25, -0.2) is 0 Å². The van der Waals surface area contributed by atoms with Gasteiger partial charge in [0.1, 0.15) is 0 Å². The maximum Gasteiger partial charge on any atom is -0.0160 e. The van der Waals surface area contributed by atoms with Gasteiger partial charge < -0.3 is 0 Å². The zero-order valence-electron chi connectivity index (χ0n) is 7.35. The van der Waals surface area contributed by atoms with E-state index < -0.39 is 0 Å². The zero-order valence-corrected chi connectivity index (χ0v) is 7.35.